The van der Waals surface area contributed by atoms with Crippen LogP contribution >= 0.6 is 0 Å². The van der Waals surface area contributed by atoms with Gasteiger partial charge < -0.3 is 30.9 Å². The Bertz CT molecular complexity index is 1580. The van der Waals surface area contributed by atoms with Gasteiger partial charge in [0, 0.05) is 74.7 Å². The minimum atomic E-state index is -0.250. The van der Waals surface area contributed by atoms with E-state index < -0.39 is 0 Å². The molecule has 1 amide bonds. The lowest BCUT2D eigenvalue weighted by molar-refractivity contribution is -0.126. The molecule has 0 atom stereocenters. The molecule has 15 heteroatoms. The fraction of sp³-hybridized carbons (Fsp3) is 0.571. The second kappa shape index (κ2) is 20.8. The Morgan fingerprint density at radius 1 is 0.920 bits per heavy atom. The molecule has 0 unspecified atom stereocenters. The number of carbonyl (C=O) groups excluding carboxylic acids is 1. The number of benzene rings is 1. The van der Waals surface area contributed by atoms with Gasteiger partial charge in [0.1, 0.15) is 5.65 Å². The standard InChI is InChI=1S/C32H45N7O2.3CH2O2/c1-3-4-13-33-32-35-20-28-26-12-7-23(21-38-16-14-37(2)15-17-38)18-27(26)31(41)39(29(28)36-32)25-10-8-24(9-11-25)30(40)34-19-22-5-6-22;3*2-1-3/h7,12,18,20,22,24-25H,3-6,8-11,13-17,19,21H2,1-2H3,(H,34,40)(H,33,35,36);3*1H,(H,2,3)/t24-,25-;;;. The number of nitrogens with one attached hydrogen (secondary N) is 2. The predicted molar refractivity (Wildman–Crippen MR) is 190 cm³/mol. The number of pyridine rings is 1. The maximum Gasteiger partial charge on any atom is 0.290 e. The van der Waals surface area contributed by atoms with E-state index in [2.05, 4.69) is 57.6 Å². The summed E-state index contributed by atoms with van der Waals surface area (Å²) >= 11 is 0. The van der Waals surface area contributed by atoms with Crippen LogP contribution in [0, 0.1) is 11.8 Å². The Hall–Kier alpha value is -4.63. The van der Waals surface area contributed by atoms with Gasteiger partial charge in [0.05, 0.1) is 0 Å². The second-order valence-electron chi connectivity index (χ2n) is 12.9. The Balaban J connectivity index is 0.000000681. The molecule has 3 aromatic rings. The van der Waals surface area contributed by atoms with Crippen LogP contribution in [0.1, 0.15) is 69.9 Å². The lowest BCUT2D eigenvalue weighted by atomic mass is 9.85. The molecule has 5 N–H and O–H groups in total. The zero-order chi connectivity index (χ0) is 36.5. The van der Waals surface area contributed by atoms with Crippen molar-refractivity contribution < 1.29 is 34.5 Å². The lowest BCUT2D eigenvalue weighted by Crippen LogP contribution is -2.43. The minimum Gasteiger partial charge on any atom is -0.483 e. The Morgan fingerprint density at radius 2 is 1.56 bits per heavy atom. The number of hydrogen-bond donors (Lipinski definition) is 5. The van der Waals surface area contributed by atoms with Crippen molar-refractivity contribution in [2.75, 3.05) is 51.6 Å². The van der Waals surface area contributed by atoms with E-state index in [1.54, 1.807) is 0 Å². The number of anilines is 1. The van der Waals surface area contributed by atoms with E-state index in [0.717, 1.165) is 100 Å². The van der Waals surface area contributed by atoms with Crippen LogP contribution in [0.5, 0.6) is 0 Å². The van der Waals surface area contributed by atoms with E-state index >= 15 is 0 Å². The molecule has 1 saturated heterocycles. The summed E-state index contributed by atoms with van der Waals surface area (Å²) < 4.78 is 1.93. The highest BCUT2D eigenvalue weighted by atomic mass is 16.4. The molecule has 274 valence electrons. The number of piperazine rings is 1. The molecule has 50 heavy (non-hydrogen) atoms. The number of hydrogen-bond acceptors (Lipinski definition) is 10. The highest BCUT2D eigenvalue weighted by molar-refractivity contribution is 6.04. The van der Waals surface area contributed by atoms with Crippen LogP contribution in [0.15, 0.2) is 29.2 Å². The zero-order valence-electron chi connectivity index (χ0n) is 29.0. The molecule has 1 aromatic carbocycles. The van der Waals surface area contributed by atoms with Crippen molar-refractivity contribution in [3.05, 3.63) is 40.3 Å². The molecule has 15 nitrogen and oxygen atoms in total. The van der Waals surface area contributed by atoms with Crippen molar-refractivity contribution in [2.24, 2.45) is 11.8 Å². The number of fused-ring (bicyclic) bond motifs is 3. The molecule has 0 bridgehead atoms. The lowest BCUT2D eigenvalue weighted by Gasteiger charge is -2.32. The van der Waals surface area contributed by atoms with Gasteiger partial charge in [-0.2, -0.15) is 4.98 Å². The number of unbranched alkanes of at least 4 members (excludes halogenated alkanes) is 1. The van der Waals surface area contributed by atoms with Gasteiger partial charge in [0.15, 0.2) is 0 Å². The van der Waals surface area contributed by atoms with E-state index in [-0.39, 0.29) is 42.8 Å². The summed E-state index contributed by atoms with van der Waals surface area (Å²) in [6.45, 7) is 8.08. The molecule has 6 rings (SSSR count). The number of nitrogens with zero attached hydrogens (tertiary/aromatic N) is 5. The molecule has 3 heterocycles. The first-order valence-corrected chi connectivity index (χ1v) is 17.2. The summed E-state index contributed by atoms with van der Waals surface area (Å²) in [6.07, 6.45) is 9.66. The topological polar surface area (TPSA) is 207 Å². The average molecular weight is 698 g/mol. The number of carbonyl (C=O) groups is 4. The zero-order valence-corrected chi connectivity index (χ0v) is 29.0. The van der Waals surface area contributed by atoms with E-state index in [1.165, 1.54) is 18.4 Å². The van der Waals surface area contributed by atoms with Gasteiger partial charge in [-0.25, -0.2) is 4.98 Å². The van der Waals surface area contributed by atoms with Crippen molar-refractivity contribution >= 4 is 53.1 Å². The van der Waals surface area contributed by atoms with Crippen LogP contribution in [0.4, 0.5) is 5.95 Å². The number of amides is 1. The summed E-state index contributed by atoms with van der Waals surface area (Å²) in [5, 5.41) is 29.7. The first kappa shape index (κ1) is 39.8. The molecule has 0 radical (unpaired) electrons. The highest BCUT2D eigenvalue weighted by Crippen LogP contribution is 2.35. The van der Waals surface area contributed by atoms with Gasteiger partial charge in [0.25, 0.3) is 25.0 Å². The fourth-order valence-electron chi connectivity index (χ4n) is 6.45. The van der Waals surface area contributed by atoms with Crippen LogP contribution in [0.25, 0.3) is 21.8 Å². The van der Waals surface area contributed by atoms with E-state index in [0.29, 0.717) is 17.5 Å². The first-order valence-electron chi connectivity index (χ1n) is 17.2. The maximum atomic E-state index is 14.3. The number of rotatable bonds is 10. The molecule has 2 aromatic heterocycles. The summed E-state index contributed by atoms with van der Waals surface area (Å²) in [6, 6.07) is 6.35. The van der Waals surface area contributed by atoms with Gasteiger partial charge >= 0.3 is 0 Å². The van der Waals surface area contributed by atoms with Crippen LogP contribution in [-0.4, -0.2) is 111 Å². The number of likely N-dealkylation sites (N-methyl/N-ethyl adjacent to an activating group) is 1. The van der Waals surface area contributed by atoms with Crippen molar-refractivity contribution in [1.82, 2.24) is 29.7 Å². The van der Waals surface area contributed by atoms with Gasteiger partial charge in [-0.3, -0.25) is 33.4 Å². The third kappa shape index (κ3) is 11.5. The van der Waals surface area contributed by atoms with Crippen molar-refractivity contribution in [3.8, 4) is 0 Å². The summed E-state index contributed by atoms with van der Waals surface area (Å²) in [5.41, 5.74) is 1.89. The van der Waals surface area contributed by atoms with Crippen molar-refractivity contribution in [1.29, 1.82) is 0 Å². The molecule has 0 spiro atoms. The third-order valence-corrected chi connectivity index (χ3v) is 9.33. The SMILES string of the molecule is CCCCNc1ncc2c3ccc(CN4CCN(C)CC4)cc3c(=O)n([C@H]3CC[C@H](C(=O)NCC4CC4)CC3)c2n1.O=CO.O=CO.O=CO. The molecule has 3 fully saturated rings. The minimum absolute atomic E-state index is 0.0153. The van der Waals surface area contributed by atoms with E-state index in [1.807, 2.05) is 10.8 Å². The largest absolute Gasteiger partial charge is 0.483 e. The second-order valence-corrected chi connectivity index (χ2v) is 12.9. The highest BCUT2D eigenvalue weighted by Gasteiger charge is 2.31. The average Bonchev–Trinajstić information content (AvgIpc) is 3.95. The molecule has 1 aliphatic heterocycles. The van der Waals surface area contributed by atoms with Crippen molar-refractivity contribution in [3.63, 3.8) is 0 Å². The molecular weight excluding hydrogens is 646 g/mol. The molecule has 2 aliphatic carbocycles. The van der Waals surface area contributed by atoms with E-state index in [4.69, 9.17) is 34.7 Å². The van der Waals surface area contributed by atoms with Crippen molar-refractivity contribution in [2.45, 2.75) is 70.9 Å². The van der Waals surface area contributed by atoms with E-state index in [9.17, 15) is 9.59 Å². The molecular formula is C35H51N7O8. The monoisotopic (exact) mass is 697 g/mol. The van der Waals surface area contributed by atoms with Crippen LogP contribution < -0.4 is 16.2 Å². The fourth-order valence-corrected chi connectivity index (χ4v) is 6.45. The quantitative estimate of drug-likeness (QED) is 0.117. The number of aromatic nitrogens is 3. The van der Waals surface area contributed by atoms with Gasteiger partial charge in [-0.1, -0.05) is 25.5 Å². The third-order valence-electron chi connectivity index (χ3n) is 9.33. The summed E-state index contributed by atoms with van der Waals surface area (Å²) in [4.78, 5) is 66.5. The Labute approximate surface area is 291 Å². The van der Waals surface area contributed by atoms with Crippen LogP contribution in [-0.2, 0) is 25.7 Å². The van der Waals surface area contributed by atoms with Crippen LogP contribution in [0.2, 0.25) is 0 Å². The van der Waals surface area contributed by atoms with Gasteiger partial charge in [0.2, 0.25) is 11.9 Å². The first-order chi connectivity index (χ1) is 24.2. The molecule has 2 saturated carbocycles. The van der Waals surface area contributed by atoms with Gasteiger partial charge in [-0.05, 0) is 74.9 Å². The maximum absolute atomic E-state index is 14.3. The summed E-state index contributed by atoms with van der Waals surface area (Å²) in [5.74, 6) is 1.46. The normalized spacial score (nSPS) is 19.0. The smallest absolute Gasteiger partial charge is 0.290 e. The molecule has 3 aliphatic rings. The van der Waals surface area contributed by atoms with Crippen LogP contribution in [0.3, 0.4) is 0 Å². The van der Waals surface area contributed by atoms with Gasteiger partial charge in [-0.15, -0.1) is 0 Å². The Morgan fingerprint density at radius 3 is 2.16 bits per heavy atom. The summed E-state index contributed by atoms with van der Waals surface area (Å²) in [7, 11) is 2.17. The number of carboxylic acid groups (broad SMARTS) is 3. The Kier molecular flexibility index (Phi) is 16.5. The predicted octanol–water partition coefficient (Wildman–Crippen LogP) is 3.26.